The predicted octanol–water partition coefficient (Wildman–Crippen LogP) is 3.49. The van der Waals surface area contributed by atoms with E-state index in [1.807, 2.05) is 0 Å². The molecule has 0 spiro atoms. The molecule has 0 unspecified atom stereocenters. The molecule has 8 nitrogen and oxygen atoms in total. The summed E-state index contributed by atoms with van der Waals surface area (Å²) in [5.74, 6) is 0.123. The Labute approximate surface area is 170 Å². The van der Waals surface area contributed by atoms with Crippen LogP contribution in [-0.2, 0) is 14.8 Å². The molecule has 0 saturated carbocycles. The van der Waals surface area contributed by atoms with Crippen molar-refractivity contribution in [3.8, 4) is 11.5 Å². The minimum Gasteiger partial charge on any atom is -0.411 e. The normalized spacial score (nSPS) is 11.2. The number of hydrogen-bond acceptors (Lipinski definition) is 7. The third-order valence-electron chi connectivity index (χ3n) is 3.28. The van der Waals surface area contributed by atoms with Gasteiger partial charge in [-0.2, -0.15) is 0 Å². The van der Waals surface area contributed by atoms with Crippen LogP contribution in [0, 0.1) is 0 Å². The number of aromatic nitrogens is 2. The zero-order valence-corrected chi connectivity index (χ0v) is 16.9. The number of benzene rings is 2. The molecule has 0 saturated heterocycles. The highest BCUT2D eigenvalue weighted by atomic mass is 35.5. The van der Waals surface area contributed by atoms with E-state index in [0.717, 1.165) is 18.0 Å². The Kier molecular flexibility index (Phi) is 6.22. The zero-order valence-electron chi connectivity index (χ0n) is 14.5. The van der Waals surface area contributed by atoms with Crippen LogP contribution in [0.15, 0.2) is 58.2 Å². The SMILES string of the molecule is CS(=O)(=O)Nc1ccc(-c2nnc(SCC(=O)Nc3cccc(Cl)c3)o2)cc1. The van der Waals surface area contributed by atoms with Crippen LogP contribution in [0.4, 0.5) is 11.4 Å². The monoisotopic (exact) mass is 438 g/mol. The van der Waals surface area contributed by atoms with Crippen LogP contribution in [0.1, 0.15) is 0 Å². The van der Waals surface area contributed by atoms with E-state index in [4.69, 9.17) is 16.0 Å². The van der Waals surface area contributed by atoms with Gasteiger partial charge in [-0.3, -0.25) is 9.52 Å². The van der Waals surface area contributed by atoms with Gasteiger partial charge in [0, 0.05) is 22.0 Å². The van der Waals surface area contributed by atoms with Crippen molar-refractivity contribution in [1.29, 1.82) is 0 Å². The number of carbonyl (C=O) groups is 1. The third-order valence-corrected chi connectivity index (χ3v) is 4.94. The van der Waals surface area contributed by atoms with Crippen LogP contribution in [0.2, 0.25) is 5.02 Å². The smallest absolute Gasteiger partial charge is 0.277 e. The first-order valence-corrected chi connectivity index (χ1v) is 11.1. The Hall–Kier alpha value is -2.56. The van der Waals surface area contributed by atoms with Crippen LogP contribution in [0.25, 0.3) is 11.5 Å². The molecule has 0 aliphatic heterocycles. The van der Waals surface area contributed by atoms with E-state index >= 15 is 0 Å². The molecular weight excluding hydrogens is 424 g/mol. The molecule has 1 heterocycles. The summed E-state index contributed by atoms with van der Waals surface area (Å²) in [4.78, 5) is 12.0. The molecule has 0 atom stereocenters. The van der Waals surface area contributed by atoms with Gasteiger partial charge < -0.3 is 9.73 Å². The molecular formula is C17H15ClN4O4S2. The number of carbonyl (C=O) groups excluding carboxylic acids is 1. The minimum absolute atomic E-state index is 0.0887. The van der Waals surface area contributed by atoms with E-state index < -0.39 is 10.0 Å². The first kappa shape index (κ1) is 20.2. The van der Waals surface area contributed by atoms with Gasteiger partial charge in [0.25, 0.3) is 5.22 Å². The molecule has 0 radical (unpaired) electrons. The summed E-state index contributed by atoms with van der Waals surface area (Å²) in [5, 5.41) is 11.3. The van der Waals surface area contributed by atoms with Crippen molar-refractivity contribution in [2.75, 3.05) is 22.0 Å². The molecule has 28 heavy (non-hydrogen) atoms. The molecule has 0 fully saturated rings. The number of hydrogen-bond donors (Lipinski definition) is 2. The van der Waals surface area contributed by atoms with Crippen LogP contribution in [-0.4, -0.2) is 36.5 Å². The summed E-state index contributed by atoms with van der Waals surface area (Å²) < 4.78 is 30.3. The lowest BCUT2D eigenvalue weighted by Crippen LogP contribution is -2.13. The standard InChI is InChI=1S/C17H15ClN4O4S2/c1-28(24,25)22-13-7-5-11(6-8-13)16-20-21-17(26-16)27-10-15(23)19-14-4-2-3-12(18)9-14/h2-9,22H,10H2,1H3,(H,19,23). The first-order chi connectivity index (χ1) is 13.3. The van der Waals surface area contributed by atoms with E-state index in [-0.39, 0.29) is 22.8 Å². The van der Waals surface area contributed by atoms with Gasteiger partial charge in [0.2, 0.25) is 21.8 Å². The fourth-order valence-electron chi connectivity index (χ4n) is 2.17. The summed E-state index contributed by atoms with van der Waals surface area (Å²) >= 11 is 6.98. The number of amides is 1. The Bertz CT molecular complexity index is 1080. The van der Waals surface area contributed by atoms with E-state index in [9.17, 15) is 13.2 Å². The number of sulfonamides is 1. The molecule has 0 aliphatic carbocycles. The highest BCUT2D eigenvalue weighted by Crippen LogP contribution is 2.25. The number of nitrogens with zero attached hydrogens (tertiary/aromatic N) is 2. The maximum Gasteiger partial charge on any atom is 0.277 e. The molecule has 1 amide bonds. The average Bonchev–Trinajstić information content (AvgIpc) is 3.08. The van der Waals surface area contributed by atoms with Crippen LogP contribution in [0.5, 0.6) is 0 Å². The maximum absolute atomic E-state index is 12.0. The fraction of sp³-hybridized carbons (Fsp3) is 0.118. The average molecular weight is 439 g/mol. The van der Waals surface area contributed by atoms with Crippen molar-refractivity contribution in [2.45, 2.75) is 5.22 Å². The summed E-state index contributed by atoms with van der Waals surface area (Å²) in [7, 11) is -3.34. The number of halogens is 1. The molecule has 3 aromatic rings. The van der Waals surface area contributed by atoms with Crippen LogP contribution in [0.3, 0.4) is 0 Å². The second-order valence-corrected chi connectivity index (χ2v) is 8.78. The van der Waals surface area contributed by atoms with Gasteiger partial charge in [-0.05, 0) is 42.5 Å². The van der Waals surface area contributed by atoms with Crippen LogP contribution >= 0.6 is 23.4 Å². The summed E-state index contributed by atoms with van der Waals surface area (Å²) in [6.07, 6.45) is 1.07. The van der Waals surface area contributed by atoms with E-state index in [1.54, 1.807) is 48.5 Å². The Balaban J connectivity index is 1.57. The number of thioether (sulfide) groups is 1. The third kappa shape index (κ3) is 5.98. The zero-order chi connectivity index (χ0) is 20.1. The van der Waals surface area contributed by atoms with E-state index in [2.05, 4.69) is 20.2 Å². The number of anilines is 2. The Morgan fingerprint density at radius 1 is 1.14 bits per heavy atom. The van der Waals surface area contributed by atoms with Gasteiger partial charge in [-0.1, -0.05) is 29.4 Å². The summed E-state index contributed by atoms with van der Waals surface area (Å²) in [6, 6.07) is 13.3. The van der Waals surface area contributed by atoms with Crippen molar-refractivity contribution in [3.05, 3.63) is 53.6 Å². The largest absolute Gasteiger partial charge is 0.411 e. The van der Waals surface area contributed by atoms with Crippen molar-refractivity contribution in [1.82, 2.24) is 10.2 Å². The maximum atomic E-state index is 12.0. The molecule has 11 heteroatoms. The second-order valence-electron chi connectivity index (χ2n) is 5.67. The molecule has 2 aromatic carbocycles. The van der Waals surface area contributed by atoms with Gasteiger partial charge in [0.15, 0.2) is 0 Å². The molecule has 0 bridgehead atoms. The topological polar surface area (TPSA) is 114 Å². The highest BCUT2D eigenvalue weighted by molar-refractivity contribution is 7.99. The fourth-order valence-corrected chi connectivity index (χ4v) is 3.49. The molecule has 146 valence electrons. The lowest BCUT2D eigenvalue weighted by Gasteiger charge is -2.04. The van der Waals surface area contributed by atoms with Crippen molar-refractivity contribution >= 4 is 50.7 Å². The Morgan fingerprint density at radius 3 is 2.57 bits per heavy atom. The van der Waals surface area contributed by atoms with Crippen molar-refractivity contribution in [3.63, 3.8) is 0 Å². The lowest BCUT2D eigenvalue weighted by atomic mass is 10.2. The Morgan fingerprint density at radius 2 is 1.89 bits per heavy atom. The molecule has 1 aromatic heterocycles. The van der Waals surface area contributed by atoms with Crippen LogP contribution < -0.4 is 10.0 Å². The number of rotatable bonds is 7. The first-order valence-electron chi connectivity index (χ1n) is 7.88. The van der Waals surface area contributed by atoms with E-state index in [0.29, 0.717) is 22.0 Å². The van der Waals surface area contributed by atoms with Crippen molar-refractivity contribution < 1.29 is 17.6 Å². The minimum atomic E-state index is -3.34. The summed E-state index contributed by atoms with van der Waals surface area (Å²) in [6.45, 7) is 0. The van der Waals surface area contributed by atoms with Gasteiger partial charge in [-0.25, -0.2) is 8.42 Å². The van der Waals surface area contributed by atoms with Gasteiger partial charge >= 0.3 is 0 Å². The van der Waals surface area contributed by atoms with Gasteiger partial charge in [0.1, 0.15) is 0 Å². The molecule has 3 rings (SSSR count). The van der Waals surface area contributed by atoms with Gasteiger partial charge in [0.05, 0.1) is 12.0 Å². The van der Waals surface area contributed by atoms with Crippen molar-refractivity contribution in [2.24, 2.45) is 0 Å². The quantitative estimate of drug-likeness (QED) is 0.542. The summed E-state index contributed by atoms with van der Waals surface area (Å²) in [5.41, 5.74) is 1.66. The predicted molar refractivity (Wildman–Crippen MR) is 109 cm³/mol. The van der Waals surface area contributed by atoms with Gasteiger partial charge in [-0.15, -0.1) is 10.2 Å². The molecule has 2 N–H and O–H groups in total. The number of nitrogens with one attached hydrogen (secondary N) is 2. The highest BCUT2D eigenvalue weighted by Gasteiger charge is 2.12. The van der Waals surface area contributed by atoms with E-state index in [1.165, 1.54) is 0 Å². The molecule has 0 aliphatic rings. The second kappa shape index (κ2) is 8.63. The lowest BCUT2D eigenvalue weighted by molar-refractivity contribution is -0.113.